The van der Waals surface area contributed by atoms with Crippen LogP contribution < -0.4 is 15.4 Å². The fourth-order valence-corrected chi connectivity index (χ4v) is 2.00. The summed E-state index contributed by atoms with van der Waals surface area (Å²) < 4.78 is 5.46. The molecule has 2 aromatic rings. The van der Waals surface area contributed by atoms with Gasteiger partial charge in [0.25, 0.3) is 5.91 Å². The summed E-state index contributed by atoms with van der Waals surface area (Å²) in [5, 5.41) is 5.51. The van der Waals surface area contributed by atoms with Gasteiger partial charge in [-0.25, -0.2) is 0 Å². The third-order valence-electron chi connectivity index (χ3n) is 3.02. The van der Waals surface area contributed by atoms with E-state index in [4.69, 9.17) is 4.74 Å². The van der Waals surface area contributed by atoms with Crippen LogP contribution in [-0.4, -0.2) is 23.4 Å². The summed E-state index contributed by atoms with van der Waals surface area (Å²) in [5.74, 6) is 0.230. The van der Waals surface area contributed by atoms with Gasteiger partial charge in [0.1, 0.15) is 5.75 Å². The molecule has 0 spiro atoms. The van der Waals surface area contributed by atoms with E-state index < -0.39 is 0 Å². The van der Waals surface area contributed by atoms with Gasteiger partial charge in [0, 0.05) is 18.1 Å². The number of carbonyl (C=O) groups excluding carboxylic acids is 2. The quantitative estimate of drug-likeness (QED) is 0.884. The Kier molecular flexibility index (Phi) is 3.51. The van der Waals surface area contributed by atoms with Crippen LogP contribution in [0, 0.1) is 0 Å². The third kappa shape index (κ3) is 3.00. The predicted octanol–water partition coefficient (Wildman–Crippen LogP) is 2.05. The molecule has 1 aromatic heterocycles. The Balaban J connectivity index is 1.81. The maximum atomic E-state index is 12.0. The molecule has 0 saturated carbocycles. The van der Waals surface area contributed by atoms with Crippen LogP contribution in [0.4, 0.5) is 11.4 Å². The Hall–Kier alpha value is -2.89. The van der Waals surface area contributed by atoms with E-state index >= 15 is 0 Å². The molecular formula is C15H13N3O3. The molecule has 0 bridgehead atoms. The smallest absolute Gasteiger partial charge is 0.257 e. The molecule has 2 amide bonds. The molecule has 2 heterocycles. The molecule has 0 atom stereocenters. The lowest BCUT2D eigenvalue weighted by Gasteiger charge is -2.10. The number of nitrogens with zero attached hydrogens (tertiary/aromatic N) is 1. The van der Waals surface area contributed by atoms with Gasteiger partial charge in [0.2, 0.25) is 5.91 Å². The minimum absolute atomic E-state index is 0.107. The Morgan fingerprint density at radius 1 is 1.33 bits per heavy atom. The fraction of sp³-hybridized carbons (Fsp3) is 0.133. The second-order valence-electron chi connectivity index (χ2n) is 4.55. The summed E-state index contributed by atoms with van der Waals surface area (Å²) in [6, 6.07) is 8.49. The summed E-state index contributed by atoms with van der Waals surface area (Å²) in [6.45, 7) is 0.347. The van der Waals surface area contributed by atoms with Crippen LogP contribution in [-0.2, 0) is 4.79 Å². The largest absolute Gasteiger partial charge is 0.491 e. The lowest BCUT2D eigenvalue weighted by atomic mass is 10.2. The van der Waals surface area contributed by atoms with Crippen molar-refractivity contribution in [1.82, 2.24) is 4.98 Å². The third-order valence-corrected chi connectivity index (χ3v) is 3.02. The van der Waals surface area contributed by atoms with Crippen molar-refractivity contribution in [1.29, 1.82) is 0 Å². The van der Waals surface area contributed by atoms with Gasteiger partial charge in [-0.3, -0.25) is 14.6 Å². The molecule has 0 unspecified atom stereocenters. The van der Waals surface area contributed by atoms with Crippen molar-refractivity contribution < 1.29 is 14.3 Å². The van der Waals surface area contributed by atoms with Crippen molar-refractivity contribution in [3.05, 3.63) is 48.3 Å². The van der Waals surface area contributed by atoms with Crippen molar-refractivity contribution in [3.63, 3.8) is 0 Å². The number of anilines is 2. The van der Waals surface area contributed by atoms with Gasteiger partial charge in [-0.05, 0) is 30.3 Å². The maximum absolute atomic E-state index is 12.0. The predicted molar refractivity (Wildman–Crippen MR) is 77.4 cm³/mol. The standard InChI is InChI=1S/C15H13N3O3/c19-14-5-7-21-13-4-3-11(8-12(13)18-14)17-15(20)10-2-1-6-16-9-10/h1-4,6,8-9H,5,7H2,(H,17,20)(H,18,19). The highest BCUT2D eigenvalue weighted by Crippen LogP contribution is 2.30. The second-order valence-corrected chi connectivity index (χ2v) is 4.55. The van der Waals surface area contributed by atoms with E-state index in [2.05, 4.69) is 15.6 Å². The molecule has 0 aliphatic carbocycles. The van der Waals surface area contributed by atoms with E-state index in [9.17, 15) is 9.59 Å². The van der Waals surface area contributed by atoms with E-state index in [0.717, 1.165) is 0 Å². The Bertz CT molecular complexity index is 686. The van der Waals surface area contributed by atoms with Crippen molar-refractivity contribution in [2.24, 2.45) is 0 Å². The van der Waals surface area contributed by atoms with E-state index in [1.54, 1.807) is 36.5 Å². The maximum Gasteiger partial charge on any atom is 0.257 e. The normalized spacial score (nSPS) is 13.4. The first kappa shape index (κ1) is 13.1. The molecule has 1 aromatic carbocycles. The molecule has 0 radical (unpaired) electrons. The molecule has 1 aliphatic rings. The number of hydrogen-bond donors (Lipinski definition) is 2. The number of fused-ring (bicyclic) bond motifs is 1. The number of amides is 2. The van der Waals surface area contributed by atoms with Crippen molar-refractivity contribution in [3.8, 4) is 5.75 Å². The van der Waals surface area contributed by atoms with Gasteiger partial charge < -0.3 is 15.4 Å². The minimum Gasteiger partial charge on any atom is -0.491 e. The second kappa shape index (κ2) is 5.62. The monoisotopic (exact) mass is 283 g/mol. The van der Waals surface area contributed by atoms with Gasteiger partial charge >= 0.3 is 0 Å². The van der Waals surface area contributed by atoms with Crippen LogP contribution in [0.15, 0.2) is 42.7 Å². The van der Waals surface area contributed by atoms with Crippen LogP contribution in [0.1, 0.15) is 16.8 Å². The molecular weight excluding hydrogens is 270 g/mol. The number of benzene rings is 1. The number of pyridine rings is 1. The van der Waals surface area contributed by atoms with E-state index in [-0.39, 0.29) is 11.8 Å². The average Bonchev–Trinajstić information content (AvgIpc) is 2.68. The molecule has 0 saturated heterocycles. The molecule has 6 heteroatoms. The topological polar surface area (TPSA) is 80.3 Å². The Morgan fingerprint density at radius 3 is 3.05 bits per heavy atom. The molecule has 1 aliphatic heterocycles. The van der Waals surface area contributed by atoms with Gasteiger partial charge in [-0.15, -0.1) is 0 Å². The molecule has 21 heavy (non-hydrogen) atoms. The summed E-state index contributed by atoms with van der Waals surface area (Å²) in [7, 11) is 0. The first-order valence-corrected chi connectivity index (χ1v) is 6.50. The minimum atomic E-state index is -0.260. The first-order chi connectivity index (χ1) is 10.2. The van der Waals surface area contributed by atoms with Gasteiger partial charge in [0.15, 0.2) is 0 Å². The summed E-state index contributed by atoms with van der Waals surface area (Å²) in [6.07, 6.45) is 3.40. The zero-order valence-electron chi connectivity index (χ0n) is 11.1. The SMILES string of the molecule is O=C1CCOc2ccc(NC(=O)c3cccnc3)cc2N1. The Labute approximate surface area is 121 Å². The number of hydrogen-bond acceptors (Lipinski definition) is 4. The number of nitrogens with one attached hydrogen (secondary N) is 2. The number of aromatic nitrogens is 1. The van der Waals surface area contributed by atoms with Gasteiger partial charge in [0.05, 0.1) is 24.3 Å². The van der Waals surface area contributed by atoms with Crippen molar-refractivity contribution in [2.45, 2.75) is 6.42 Å². The average molecular weight is 283 g/mol. The molecule has 3 rings (SSSR count). The zero-order chi connectivity index (χ0) is 14.7. The van der Waals surface area contributed by atoms with Gasteiger partial charge in [-0.1, -0.05) is 0 Å². The highest BCUT2D eigenvalue weighted by atomic mass is 16.5. The summed E-state index contributed by atoms with van der Waals surface area (Å²) in [5.41, 5.74) is 1.60. The molecule has 6 nitrogen and oxygen atoms in total. The fourth-order valence-electron chi connectivity index (χ4n) is 2.00. The van der Waals surface area contributed by atoms with Crippen LogP contribution in [0.3, 0.4) is 0 Å². The van der Waals surface area contributed by atoms with Crippen molar-refractivity contribution in [2.75, 3.05) is 17.2 Å². The Morgan fingerprint density at radius 2 is 2.24 bits per heavy atom. The summed E-state index contributed by atoms with van der Waals surface area (Å²) >= 11 is 0. The molecule has 0 fully saturated rings. The first-order valence-electron chi connectivity index (χ1n) is 6.50. The zero-order valence-corrected chi connectivity index (χ0v) is 11.1. The van der Waals surface area contributed by atoms with Gasteiger partial charge in [-0.2, -0.15) is 0 Å². The van der Waals surface area contributed by atoms with Crippen LogP contribution in [0.2, 0.25) is 0 Å². The molecule has 2 N–H and O–H groups in total. The summed E-state index contributed by atoms with van der Waals surface area (Å²) in [4.78, 5) is 27.5. The van der Waals surface area contributed by atoms with E-state index in [1.807, 2.05) is 0 Å². The van der Waals surface area contributed by atoms with Crippen LogP contribution in [0.5, 0.6) is 5.75 Å². The van der Waals surface area contributed by atoms with Crippen LogP contribution in [0.25, 0.3) is 0 Å². The van der Waals surface area contributed by atoms with E-state index in [0.29, 0.717) is 35.7 Å². The van der Waals surface area contributed by atoms with Crippen molar-refractivity contribution >= 4 is 23.2 Å². The lowest BCUT2D eigenvalue weighted by molar-refractivity contribution is -0.116. The lowest BCUT2D eigenvalue weighted by Crippen LogP contribution is -2.13. The molecule has 106 valence electrons. The van der Waals surface area contributed by atoms with E-state index in [1.165, 1.54) is 6.20 Å². The number of ether oxygens (including phenoxy) is 1. The number of rotatable bonds is 2. The highest BCUT2D eigenvalue weighted by molar-refractivity contribution is 6.04. The highest BCUT2D eigenvalue weighted by Gasteiger charge is 2.15. The number of carbonyl (C=O) groups is 2. The van der Waals surface area contributed by atoms with Crippen LogP contribution >= 0.6 is 0 Å².